The summed E-state index contributed by atoms with van der Waals surface area (Å²) in [5.74, 6) is 2.65. The Hall–Kier alpha value is -1.82. The number of aromatic nitrogens is 1. The lowest BCUT2D eigenvalue weighted by Crippen LogP contribution is -2.46. The molecular formula is C20H36N6. The first kappa shape index (κ1) is 20.5. The average molecular weight is 361 g/mol. The monoisotopic (exact) mass is 360 g/mol. The standard InChI is InChI=1S/C20H36N6/c1-5-17(6-2)15-23-20(21-4)24-16-18-8-9-22-19(14-18)26-12-10-25(7-3)11-13-26/h8-9,14,17H,5-7,10-13,15-16H2,1-4H3,(H2,21,23,24). The van der Waals surface area contributed by atoms with Crippen molar-refractivity contribution in [1.82, 2.24) is 20.5 Å². The van der Waals surface area contributed by atoms with Crippen molar-refractivity contribution >= 4 is 11.8 Å². The van der Waals surface area contributed by atoms with E-state index in [0.717, 1.165) is 57.6 Å². The van der Waals surface area contributed by atoms with Crippen molar-refractivity contribution in [3.63, 3.8) is 0 Å². The average Bonchev–Trinajstić information content (AvgIpc) is 2.71. The molecule has 26 heavy (non-hydrogen) atoms. The van der Waals surface area contributed by atoms with E-state index in [-0.39, 0.29) is 0 Å². The predicted octanol–water partition coefficient (Wildman–Crippen LogP) is 2.32. The van der Waals surface area contributed by atoms with Gasteiger partial charge in [-0.15, -0.1) is 0 Å². The van der Waals surface area contributed by atoms with Crippen LogP contribution in [0.4, 0.5) is 5.82 Å². The molecule has 0 radical (unpaired) electrons. The molecular weight excluding hydrogens is 324 g/mol. The maximum Gasteiger partial charge on any atom is 0.191 e. The Balaban J connectivity index is 1.86. The van der Waals surface area contributed by atoms with Crippen LogP contribution in [0, 0.1) is 5.92 Å². The molecule has 2 heterocycles. The smallest absolute Gasteiger partial charge is 0.191 e. The predicted molar refractivity (Wildman–Crippen MR) is 111 cm³/mol. The topological polar surface area (TPSA) is 55.8 Å². The fourth-order valence-corrected chi connectivity index (χ4v) is 3.26. The Morgan fingerprint density at radius 1 is 1.15 bits per heavy atom. The molecule has 0 amide bonds. The second-order valence-electron chi connectivity index (χ2n) is 6.93. The molecule has 6 heteroatoms. The van der Waals surface area contributed by atoms with Gasteiger partial charge in [-0.05, 0) is 30.2 Å². The van der Waals surface area contributed by atoms with Crippen LogP contribution in [0.3, 0.4) is 0 Å². The van der Waals surface area contributed by atoms with E-state index in [4.69, 9.17) is 0 Å². The normalized spacial score (nSPS) is 16.2. The molecule has 1 saturated heterocycles. The number of nitrogens with one attached hydrogen (secondary N) is 2. The van der Waals surface area contributed by atoms with E-state index in [0.29, 0.717) is 5.92 Å². The van der Waals surface area contributed by atoms with Gasteiger partial charge >= 0.3 is 0 Å². The van der Waals surface area contributed by atoms with Crippen LogP contribution in [0.15, 0.2) is 23.3 Å². The highest BCUT2D eigenvalue weighted by molar-refractivity contribution is 5.79. The third kappa shape index (κ3) is 6.16. The third-order valence-corrected chi connectivity index (χ3v) is 5.35. The molecule has 0 saturated carbocycles. The minimum Gasteiger partial charge on any atom is -0.356 e. The van der Waals surface area contributed by atoms with E-state index < -0.39 is 0 Å². The molecule has 0 aliphatic carbocycles. The van der Waals surface area contributed by atoms with Gasteiger partial charge < -0.3 is 20.4 Å². The number of guanidine groups is 1. The zero-order valence-corrected chi connectivity index (χ0v) is 17.0. The van der Waals surface area contributed by atoms with Gasteiger partial charge in [0.1, 0.15) is 5.82 Å². The number of pyridine rings is 1. The second kappa shape index (κ2) is 11.0. The summed E-state index contributed by atoms with van der Waals surface area (Å²) in [7, 11) is 1.83. The van der Waals surface area contributed by atoms with Crippen molar-refractivity contribution in [3.05, 3.63) is 23.9 Å². The van der Waals surface area contributed by atoms with Gasteiger partial charge in [-0.2, -0.15) is 0 Å². The SMILES string of the molecule is CCC(CC)CNC(=NC)NCc1ccnc(N2CCN(CC)CC2)c1. The number of anilines is 1. The highest BCUT2D eigenvalue weighted by Gasteiger charge is 2.16. The summed E-state index contributed by atoms with van der Waals surface area (Å²) in [6, 6.07) is 4.27. The van der Waals surface area contributed by atoms with Gasteiger partial charge in [0, 0.05) is 52.5 Å². The first-order valence-electron chi connectivity index (χ1n) is 10.1. The molecule has 0 unspecified atom stereocenters. The molecule has 1 aliphatic rings. The van der Waals surface area contributed by atoms with Crippen LogP contribution < -0.4 is 15.5 Å². The molecule has 0 bridgehead atoms. The molecule has 0 atom stereocenters. The number of nitrogens with zero attached hydrogens (tertiary/aromatic N) is 4. The number of likely N-dealkylation sites (N-methyl/N-ethyl adjacent to an activating group) is 1. The zero-order chi connectivity index (χ0) is 18.8. The number of hydrogen-bond acceptors (Lipinski definition) is 4. The lowest BCUT2D eigenvalue weighted by Gasteiger charge is -2.34. The fraction of sp³-hybridized carbons (Fsp3) is 0.700. The Morgan fingerprint density at radius 2 is 1.88 bits per heavy atom. The number of aliphatic imine (C=N–C) groups is 1. The minimum absolute atomic E-state index is 0.697. The van der Waals surface area contributed by atoms with E-state index in [1.165, 1.54) is 18.4 Å². The van der Waals surface area contributed by atoms with Gasteiger partial charge in [0.25, 0.3) is 0 Å². The molecule has 6 nitrogen and oxygen atoms in total. The van der Waals surface area contributed by atoms with Gasteiger partial charge in [-0.1, -0.05) is 33.6 Å². The van der Waals surface area contributed by atoms with Crippen molar-refractivity contribution in [2.24, 2.45) is 10.9 Å². The number of hydrogen-bond donors (Lipinski definition) is 2. The highest BCUT2D eigenvalue weighted by atomic mass is 15.3. The maximum atomic E-state index is 4.58. The van der Waals surface area contributed by atoms with Crippen LogP contribution in [0.2, 0.25) is 0 Å². The van der Waals surface area contributed by atoms with Gasteiger partial charge in [0.05, 0.1) is 0 Å². The van der Waals surface area contributed by atoms with Crippen LogP contribution in [0.5, 0.6) is 0 Å². The summed E-state index contributed by atoms with van der Waals surface area (Å²) in [4.78, 5) is 13.8. The van der Waals surface area contributed by atoms with Gasteiger partial charge in [-0.25, -0.2) is 4.98 Å². The number of rotatable bonds is 8. The first-order chi connectivity index (χ1) is 12.7. The molecule has 1 aliphatic heterocycles. The second-order valence-corrected chi connectivity index (χ2v) is 6.93. The van der Waals surface area contributed by atoms with Crippen molar-refractivity contribution in [2.75, 3.05) is 51.2 Å². The fourth-order valence-electron chi connectivity index (χ4n) is 3.26. The van der Waals surface area contributed by atoms with Gasteiger partial charge in [-0.3, -0.25) is 4.99 Å². The summed E-state index contributed by atoms with van der Waals surface area (Å²) in [5.41, 5.74) is 1.23. The highest BCUT2D eigenvalue weighted by Crippen LogP contribution is 2.15. The van der Waals surface area contributed by atoms with E-state index in [1.54, 1.807) is 0 Å². The van der Waals surface area contributed by atoms with Crippen LogP contribution in [0.25, 0.3) is 0 Å². The van der Waals surface area contributed by atoms with E-state index in [1.807, 2.05) is 13.2 Å². The summed E-state index contributed by atoms with van der Waals surface area (Å²) < 4.78 is 0. The minimum atomic E-state index is 0.697. The molecule has 0 aromatic carbocycles. The number of piperazine rings is 1. The van der Waals surface area contributed by atoms with Crippen molar-refractivity contribution in [2.45, 2.75) is 40.2 Å². The zero-order valence-electron chi connectivity index (χ0n) is 17.0. The van der Waals surface area contributed by atoms with Crippen LogP contribution in [-0.2, 0) is 6.54 Å². The molecule has 2 N–H and O–H groups in total. The molecule has 1 fully saturated rings. The maximum absolute atomic E-state index is 4.58. The third-order valence-electron chi connectivity index (χ3n) is 5.35. The Kier molecular flexibility index (Phi) is 8.68. The van der Waals surface area contributed by atoms with Crippen LogP contribution in [-0.4, -0.2) is 62.2 Å². The Labute approximate surface area is 159 Å². The lowest BCUT2D eigenvalue weighted by atomic mass is 10.0. The lowest BCUT2D eigenvalue weighted by molar-refractivity contribution is 0.270. The van der Waals surface area contributed by atoms with Crippen molar-refractivity contribution in [1.29, 1.82) is 0 Å². The summed E-state index contributed by atoms with van der Waals surface area (Å²) >= 11 is 0. The first-order valence-corrected chi connectivity index (χ1v) is 10.1. The molecule has 2 rings (SSSR count). The summed E-state index contributed by atoms with van der Waals surface area (Å²) in [6.07, 6.45) is 4.30. The van der Waals surface area contributed by atoms with E-state index in [2.05, 4.69) is 63.3 Å². The molecule has 1 aromatic rings. The molecule has 0 spiro atoms. The van der Waals surface area contributed by atoms with Gasteiger partial charge in [0.2, 0.25) is 0 Å². The summed E-state index contributed by atoms with van der Waals surface area (Å²) in [6.45, 7) is 13.9. The summed E-state index contributed by atoms with van der Waals surface area (Å²) in [5, 5.41) is 6.86. The van der Waals surface area contributed by atoms with Crippen LogP contribution >= 0.6 is 0 Å². The van der Waals surface area contributed by atoms with Crippen LogP contribution in [0.1, 0.15) is 39.2 Å². The quantitative estimate of drug-likeness (QED) is 0.550. The Morgan fingerprint density at radius 3 is 2.50 bits per heavy atom. The van der Waals surface area contributed by atoms with Crippen molar-refractivity contribution < 1.29 is 0 Å². The van der Waals surface area contributed by atoms with Gasteiger partial charge in [0.15, 0.2) is 5.96 Å². The molecule has 146 valence electrons. The largest absolute Gasteiger partial charge is 0.356 e. The van der Waals surface area contributed by atoms with Crippen molar-refractivity contribution in [3.8, 4) is 0 Å². The molecule has 1 aromatic heterocycles. The van der Waals surface area contributed by atoms with E-state index in [9.17, 15) is 0 Å². The Bertz CT molecular complexity index is 547. The van der Waals surface area contributed by atoms with E-state index >= 15 is 0 Å².